The zero-order valence-corrected chi connectivity index (χ0v) is 24.6. The number of pyridine rings is 1. The second-order valence-electron chi connectivity index (χ2n) is 10.7. The largest absolute Gasteiger partial charge is 0.322 e. The lowest BCUT2D eigenvalue weighted by Gasteiger charge is -2.32. The number of likely N-dealkylation sites (N-methyl/N-ethyl adjacent to an activating group) is 1. The number of carbonyl (C=O) groups is 1. The molecule has 9 heteroatoms. The summed E-state index contributed by atoms with van der Waals surface area (Å²) in [5.41, 5.74) is 7.55. The maximum atomic E-state index is 13.1. The molecule has 0 aliphatic carbocycles. The first-order valence-corrected chi connectivity index (χ1v) is 14.9. The van der Waals surface area contributed by atoms with Crippen molar-refractivity contribution in [2.75, 3.05) is 38.5 Å². The van der Waals surface area contributed by atoms with Gasteiger partial charge in [0.1, 0.15) is 5.82 Å². The fraction of sp³-hybridized carbons (Fsp3) is 0.242. The first kappa shape index (κ1) is 27.8. The average molecular weight is 576 g/mol. The summed E-state index contributed by atoms with van der Waals surface area (Å²) in [6, 6.07) is 19.9. The maximum absolute atomic E-state index is 13.1. The highest BCUT2D eigenvalue weighted by Gasteiger charge is 2.15. The van der Waals surface area contributed by atoms with E-state index >= 15 is 0 Å². The Balaban J connectivity index is 1.12. The van der Waals surface area contributed by atoms with Gasteiger partial charge >= 0.3 is 0 Å². The van der Waals surface area contributed by atoms with E-state index in [2.05, 4.69) is 61.6 Å². The number of aryl methyl sites for hydroxylation is 1. The predicted octanol–water partition coefficient (Wildman–Crippen LogP) is 5.56. The van der Waals surface area contributed by atoms with Gasteiger partial charge < -0.3 is 10.2 Å². The van der Waals surface area contributed by atoms with Crippen molar-refractivity contribution in [1.29, 1.82) is 0 Å². The molecule has 0 atom stereocenters. The standard InChI is InChI=1S/C33H33N7OS/c1-23-3-8-29(37-33(41)25-6-4-24(5-7-25)22-40-15-13-39(2)14-16-40)18-26(23)19-32-35-11-9-30(38-32)27-17-28(21-34-20-27)31-10-12-36-42-31/h3-12,17-18,20-21H,13-16,19,22H2,1-2H3,(H,37,41). The Kier molecular flexibility index (Phi) is 8.41. The third kappa shape index (κ3) is 6.76. The van der Waals surface area contributed by atoms with Gasteiger partial charge in [-0.1, -0.05) is 18.2 Å². The Morgan fingerprint density at radius 1 is 0.929 bits per heavy atom. The summed E-state index contributed by atoms with van der Waals surface area (Å²) in [5.74, 6) is 0.584. The molecule has 0 spiro atoms. The number of hydrogen-bond acceptors (Lipinski definition) is 8. The SMILES string of the molecule is Cc1ccc(NC(=O)c2ccc(CN3CCN(C)CC3)cc2)cc1Cc1nccc(-c2cncc(-c3ccns3)c2)n1. The van der Waals surface area contributed by atoms with Crippen molar-refractivity contribution in [3.05, 3.63) is 114 Å². The van der Waals surface area contributed by atoms with E-state index in [1.54, 1.807) is 12.4 Å². The quantitative estimate of drug-likeness (QED) is 0.259. The van der Waals surface area contributed by atoms with Crippen molar-refractivity contribution in [3.8, 4) is 21.7 Å². The molecule has 8 nitrogen and oxygen atoms in total. The summed E-state index contributed by atoms with van der Waals surface area (Å²) < 4.78 is 4.20. The van der Waals surface area contributed by atoms with Crippen LogP contribution in [0.15, 0.2) is 85.5 Å². The van der Waals surface area contributed by atoms with Crippen LogP contribution in [0, 0.1) is 6.92 Å². The fourth-order valence-electron chi connectivity index (χ4n) is 5.06. The Bertz CT molecular complexity index is 1660. The van der Waals surface area contributed by atoms with Gasteiger partial charge in [0, 0.05) is 86.3 Å². The highest BCUT2D eigenvalue weighted by atomic mass is 32.1. The van der Waals surface area contributed by atoms with Crippen molar-refractivity contribution >= 4 is 23.1 Å². The summed E-state index contributed by atoms with van der Waals surface area (Å²) in [5, 5.41) is 3.07. The molecule has 2 aromatic carbocycles. The number of aromatic nitrogens is 4. The summed E-state index contributed by atoms with van der Waals surface area (Å²) >= 11 is 1.44. The molecule has 0 saturated carbocycles. The van der Waals surface area contributed by atoms with Crippen molar-refractivity contribution < 1.29 is 4.79 Å². The second-order valence-corrected chi connectivity index (χ2v) is 11.6. The average Bonchev–Trinajstić information content (AvgIpc) is 3.56. The molecule has 212 valence electrons. The number of rotatable bonds is 8. The van der Waals surface area contributed by atoms with Crippen molar-refractivity contribution in [2.24, 2.45) is 0 Å². The van der Waals surface area contributed by atoms with Crippen LogP contribution in [0.4, 0.5) is 5.69 Å². The molecule has 42 heavy (non-hydrogen) atoms. The van der Waals surface area contributed by atoms with Gasteiger partial charge in [-0.05, 0) is 84.7 Å². The Morgan fingerprint density at radius 2 is 1.74 bits per heavy atom. The van der Waals surface area contributed by atoms with Gasteiger partial charge in [-0.25, -0.2) is 14.3 Å². The molecule has 4 heterocycles. The lowest BCUT2D eigenvalue weighted by molar-refractivity contribution is 0.102. The lowest BCUT2D eigenvalue weighted by Crippen LogP contribution is -2.43. The van der Waals surface area contributed by atoms with Crippen LogP contribution in [0.5, 0.6) is 0 Å². The van der Waals surface area contributed by atoms with E-state index in [0.717, 1.165) is 71.2 Å². The molecule has 5 aromatic rings. The van der Waals surface area contributed by atoms with Crippen LogP contribution in [0.2, 0.25) is 0 Å². The minimum atomic E-state index is -0.123. The minimum absolute atomic E-state index is 0.123. The van der Waals surface area contributed by atoms with Crippen LogP contribution in [0.3, 0.4) is 0 Å². The number of benzene rings is 2. The molecule has 1 aliphatic heterocycles. The summed E-state index contributed by atoms with van der Waals surface area (Å²) in [6.07, 6.45) is 7.78. The van der Waals surface area contributed by atoms with Gasteiger partial charge in [0.05, 0.1) is 10.6 Å². The molecular formula is C33H33N7OS. The number of piperazine rings is 1. The van der Waals surface area contributed by atoms with E-state index in [-0.39, 0.29) is 5.91 Å². The number of amides is 1. The van der Waals surface area contributed by atoms with Gasteiger partial charge in [0.25, 0.3) is 5.91 Å². The van der Waals surface area contributed by atoms with Gasteiger partial charge in [0.15, 0.2) is 0 Å². The van der Waals surface area contributed by atoms with Crippen LogP contribution in [0.1, 0.15) is 32.9 Å². The van der Waals surface area contributed by atoms with Gasteiger partial charge in [0.2, 0.25) is 0 Å². The van der Waals surface area contributed by atoms with Crippen molar-refractivity contribution in [3.63, 3.8) is 0 Å². The number of nitrogens with zero attached hydrogens (tertiary/aromatic N) is 6. The highest BCUT2D eigenvalue weighted by molar-refractivity contribution is 7.09. The van der Waals surface area contributed by atoms with E-state index in [1.807, 2.05) is 54.9 Å². The zero-order chi connectivity index (χ0) is 28.9. The minimum Gasteiger partial charge on any atom is -0.322 e. The molecule has 0 radical (unpaired) electrons. The number of hydrogen-bond donors (Lipinski definition) is 1. The van der Waals surface area contributed by atoms with E-state index < -0.39 is 0 Å². The maximum Gasteiger partial charge on any atom is 0.255 e. The van der Waals surface area contributed by atoms with E-state index in [1.165, 1.54) is 17.1 Å². The molecule has 0 unspecified atom stereocenters. The van der Waals surface area contributed by atoms with Gasteiger partial charge in [-0.3, -0.25) is 14.7 Å². The molecule has 6 rings (SSSR count). The predicted molar refractivity (Wildman–Crippen MR) is 168 cm³/mol. The van der Waals surface area contributed by atoms with Gasteiger partial charge in [-0.2, -0.15) is 0 Å². The van der Waals surface area contributed by atoms with Crippen LogP contribution in [-0.2, 0) is 13.0 Å². The Labute approximate surface area is 250 Å². The number of carbonyl (C=O) groups excluding carboxylic acids is 1. The molecule has 3 aromatic heterocycles. The number of anilines is 1. The molecule has 0 bridgehead atoms. The summed E-state index contributed by atoms with van der Waals surface area (Å²) in [7, 11) is 2.16. The van der Waals surface area contributed by atoms with Crippen LogP contribution < -0.4 is 5.32 Å². The number of nitrogens with one attached hydrogen (secondary N) is 1. The normalized spacial score (nSPS) is 14.1. The molecular weight excluding hydrogens is 542 g/mol. The lowest BCUT2D eigenvalue weighted by atomic mass is 10.0. The Morgan fingerprint density at radius 3 is 2.52 bits per heavy atom. The summed E-state index contributed by atoms with van der Waals surface area (Å²) in [4.78, 5) is 32.7. The van der Waals surface area contributed by atoms with Gasteiger partial charge in [-0.15, -0.1) is 0 Å². The first-order chi connectivity index (χ1) is 20.5. The topological polar surface area (TPSA) is 87.1 Å². The van der Waals surface area contributed by atoms with Crippen LogP contribution in [-0.4, -0.2) is 68.3 Å². The van der Waals surface area contributed by atoms with Crippen LogP contribution in [0.25, 0.3) is 21.7 Å². The second kappa shape index (κ2) is 12.7. The molecule has 1 fully saturated rings. The zero-order valence-electron chi connectivity index (χ0n) is 23.8. The third-order valence-electron chi connectivity index (χ3n) is 7.64. The van der Waals surface area contributed by atoms with E-state index in [0.29, 0.717) is 17.8 Å². The van der Waals surface area contributed by atoms with Crippen LogP contribution >= 0.6 is 11.5 Å². The molecule has 1 amide bonds. The third-order valence-corrected chi connectivity index (χ3v) is 8.43. The van der Waals surface area contributed by atoms with E-state index in [4.69, 9.17) is 4.98 Å². The molecule has 1 aliphatic rings. The smallest absolute Gasteiger partial charge is 0.255 e. The summed E-state index contributed by atoms with van der Waals surface area (Å²) in [6.45, 7) is 7.30. The highest BCUT2D eigenvalue weighted by Crippen LogP contribution is 2.27. The molecule has 1 saturated heterocycles. The monoisotopic (exact) mass is 575 g/mol. The Hall–Kier alpha value is -4.31. The first-order valence-electron chi connectivity index (χ1n) is 14.1. The molecule has 1 N–H and O–H groups in total. The van der Waals surface area contributed by atoms with Crippen molar-refractivity contribution in [2.45, 2.75) is 19.9 Å². The fourth-order valence-corrected chi connectivity index (χ4v) is 5.64. The van der Waals surface area contributed by atoms with Crippen molar-refractivity contribution in [1.82, 2.24) is 29.1 Å². The van der Waals surface area contributed by atoms with E-state index in [9.17, 15) is 4.79 Å².